The van der Waals surface area contributed by atoms with E-state index in [0.717, 1.165) is 76.2 Å². The topological polar surface area (TPSA) is 87.1 Å². The molecule has 1 atom stereocenters. The maximum absolute atomic E-state index is 6.21. The van der Waals surface area contributed by atoms with Gasteiger partial charge in [0.25, 0.3) is 0 Å². The molecule has 4 heterocycles. The molecule has 2 N–H and O–H groups in total. The lowest BCUT2D eigenvalue weighted by Gasteiger charge is -2.42. The van der Waals surface area contributed by atoms with Crippen LogP contribution in [0, 0.1) is 6.92 Å². The highest BCUT2D eigenvalue weighted by molar-refractivity contribution is 5.95. The van der Waals surface area contributed by atoms with Crippen LogP contribution in [0.1, 0.15) is 19.4 Å². The number of ether oxygens (including phenoxy) is 2. The van der Waals surface area contributed by atoms with Gasteiger partial charge in [0, 0.05) is 55.3 Å². The number of benzene rings is 2. The molecule has 9 heteroatoms. The standard InChI is InChI=1S/C29H31N7O2/c1-4-21-13-23(8-10-36(21)33-5-2)38-27-7-6-20(12-19(27)3)34-29-24-14-26-28(15-25(24)31-18-32-29)37-17-22-16-30-9-11-35(22)26/h4-8,10,12-15,18,22,30H,9,11,16-17H2,1-3H3,(H,31,32,34)/b21-4?,33-5-. The maximum atomic E-state index is 6.21. The van der Waals surface area contributed by atoms with Gasteiger partial charge in [0.2, 0.25) is 0 Å². The van der Waals surface area contributed by atoms with Crippen molar-refractivity contribution >= 4 is 34.3 Å². The maximum Gasteiger partial charge on any atom is 0.144 e. The van der Waals surface area contributed by atoms with E-state index in [4.69, 9.17) is 9.47 Å². The quantitative estimate of drug-likeness (QED) is 0.472. The molecule has 1 saturated heterocycles. The van der Waals surface area contributed by atoms with Gasteiger partial charge in [-0.3, -0.25) is 0 Å². The molecule has 0 bridgehead atoms. The molecule has 3 aromatic rings. The molecule has 3 aliphatic heterocycles. The number of aromatic nitrogens is 2. The average molecular weight is 510 g/mol. The third-order valence-corrected chi connectivity index (χ3v) is 6.94. The molecule has 0 amide bonds. The molecule has 0 saturated carbocycles. The summed E-state index contributed by atoms with van der Waals surface area (Å²) in [7, 11) is 0. The minimum absolute atomic E-state index is 0.338. The molecule has 0 radical (unpaired) electrons. The summed E-state index contributed by atoms with van der Waals surface area (Å²) in [6, 6.07) is 10.6. The van der Waals surface area contributed by atoms with Crippen molar-refractivity contribution in [2.24, 2.45) is 5.10 Å². The number of piperazine rings is 1. The molecule has 6 rings (SSSR count). The number of anilines is 3. The molecule has 1 fully saturated rings. The lowest BCUT2D eigenvalue weighted by Crippen LogP contribution is -2.55. The highest BCUT2D eigenvalue weighted by Crippen LogP contribution is 2.39. The van der Waals surface area contributed by atoms with Crippen LogP contribution >= 0.6 is 0 Å². The van der Waals surface area contributed by atoms with Crippen molar-refractivity contribution in [1.82, 2.24) is 20.3 Å². The van der Waals surface area contributed by atoms with Gasteiger partial charge in [-0.15, -0.1) is 0 Å². The molecule has 3 aliphatic rings. The summed E-state index contributed by atoms with van der Waals surface area (Å²) in [4.78, 5) is 11.5. The second-order valence-electron chi connectivity index (χ2n) is 9.42. The van der Waals surface area contributed by atoms with Crippen molar-refractivity contribution < 1.29 is 9.47 Å². The third kappa shape index (κ3) is 4.56. The van der Waals surface area contributed by atoms with Gasteiger partial charge < -0.3 is 25.0 Å². The number of hydrazone groups is 1. The summed E-state index contributed by atoms with van der Waals surface area (Å²) in [6.45, 7) is 9.44. The second-order valence-corrected chi connectivity index (χ2v) is 9.42. The average Bonchev–Trinajstić information content (AvgIpc) is 2.94. The van der Waals surface area contributed by atoms with Gasteiger partial charge in [-0.05, 0) is 56.7 Å². The Kier molecular flexibility index (Phi) is 6.43. The van der Waals surface area contributed by atoms with Crippen molar-refractivity contribution in [1.29, 1.82) is 0 Å². The zero-order chi connectivity index (χ0) is 26.1. The zero-order valence-electron chi connectivity index (χ0n) is 21.8. The van der Waals surface area contributed by atoms with E-state index in [2.05, 4.69) is 42.7 Å². The first-order valence-electron chi connectivity index (χ1n) is 12.9. The molecule has 1 aromatic heterocycles. The van der Waals surface area contributed by atoms with Crippen LogP contribution in [0.3, 0.4) is 0 Å². The van der Waals surface area contributed by atoms with Gasteiger partial charge in [0.1, 0.15) is 36.0 Å². The third-order valence-electron chi connectivity index (χ3n) is 6.94. The highest BCUT2D eigenvalue weighted by atomic mass is 16.5. The van der Waals surface area contributed by atoms with Gasteiger partial charge >= 0.3 is 0 Å². The first-order chi connectivity index (χ1) is 18.6. The van der Waals surface area contributed by atoms with Crippen LogP contribution < -0.4 is 25.0 Å². The number of hydrogen-bond acceptors (Lipinski definition) is 9. The predicted molar refractivity (Wildman–Crippen MR) is 151 cm³/mol. The van der Waals surface area contributed by atoms with E-state index in [9.17, 15) is 0 Å². The minimum atomic E-state index is 0.338. The summed E-state index contributed by atoms with van der Waals surface area (Å²) in [5.74, 6) is 3.19. The van der Waals surface area contributed by atoms with E-state index < -0.39 is 0 Å². The number of allylic oxidation sites excluding steroid dienone is 3. The van der Waals surface area contributed by atoms with Crippen LogP contribution in [0.4, 0.5) is 17.2 Å². The van der Waals surface area contributed by atoms with Crippen LogP contribution in [-0.2, 0) is 0 Å². The number of hydrogen-bond donors (Lipinski definition) is 2. The molecule has 38 heavy (non-hydrogen) atoms. The van der Waals surface area contributed by atoms with E-state index in [0.29, 0.717) is 12.6 Å². The second kappa shape index (κ2) is 10.2. The minimum Gasteiger partial charge on any atom is -0.489 e. The van der Waals surface area contributed by atoms with Crippen molar-refractivity contribution in [2.45, 2.75) is 26.8 Å². The smallest absolute Gasteiger partial charge is 0.144 e. The van der Waals surface area contributed by atoms with E-state index in [-0.39, 0.29) is 0 Å². The van der Waals surface area contributed by atoms with E-state index >= 15 is 0 Å². The highest BCUT2D eigenvalue weighted by Gasteiger charge is 2.30. The number of fused-ring (bicyclic) bond motifs is 4. The first-order valence-corrected chi connectivity index (χ1v) is 12.9. The van der Waals surface area contributed by atoms with Crippen molar-refractivity contribution in [3.63, 3.8) is 0 Å². The van der Waals surface area contributed by atoms with Crippen LogP contribution in [0.15, 0.2) is 77.6 Å². The van der Waals surface area contributed by atoms with Gasteiger partial charge in [0.15, 0.2) is 0 Å². The fourth-order valence-electron chi connectivity index (χ4n) is 5.03. The number of nitrogens with one attached hydrogen (secondary N) is 2. The van der Waals surface area contributed by atoms with Gasteiger partial charge in [-0.2, -0.15) is 5.10 Å². The van der Waals surface area contributed by atoms with Crippen molar-refractivity contribution in [3.05, 3.63) is 78.1 Å². The Hall–Kier alpha value is -4.37. The molecule has 0 spiro atoms. The lowest BCUT2D eigenvalue weighted by atomic mass is 10.1. The largest absolute Gasteiger partial charge is 0.489 e. The zero-order valence-corrected chi connectivity index (χ0v) is 21.8. The Balaban J connectivity index is 1.24. The van der Waals surface area contributed by atoms with Crippen molar-refractivity contribution in [2.75, 3.05) is 36.5 Å². The number of nitrogens with zero attached hydrogens (tertiary/aromatic N) is 5. The van der Waals surface area contributed by atoms with Crippen LogP contribution in [-0.4, -0.2) is 53.5 Å². The predicted octanol–water partition coefficient (Wildman–Crippen LogP) is 4.85. The normalized spacial score (nSPS) is 19.8. The number of rotatable bonds is 5. The lowest BCUT2D eigenvalue weighted by molar-refractivity contribution is 0.247. The summed E-state index contributed by atoms with van der Waals surface area (Å²) in [5.41, 5.74) is 4.84. The Bertz CT molecular complexity index is 1490. The summed E-state index contributed by atoms with van der Waals surface area (Å²) in [5, 5.41) is 14.1. The number of aryl methyl sites for hydroxylation is 1. The van der Waals surface area contributed by atoms with Gasteiger partial charge in [0.05, 0.1) is 22.9 Å². The summed E-state index contributed by atoms with van der Waals surface area (Å²) >= 11 is 0. The monoisotopic (exact) mass is 509 g/mol. The fraction of sp³-hybridized carbons (Fsp3) is 0.276. The molecule has 9 nitrogen and oxygen atoms in total. The summed E-state index contributed by atoms with van der Waals surface area (Å²) < 4.78 is 12.3. The molecule has 2 aromatic carbocycles. The Morgan fingerprint density at radius 1 is 1.21 bits per heavy atom. The fourth-order valence-corrected chi connectivity index (χ4v) is 5.03. The molecule has 1 unspecified atom stereocenters. The Labute approximate surface area is 222 Å². The Morgan fingerprint density at radius 2 is 2.13 bits per heavy atom. The van der Waals surface area contributed by atoms with E-state index in [1.165, 1.54) is 0 Å². The van der Waals surface area contributed by atoms with Crippen LogP contribution in [0.5, 0.6) is 11.5 Å². The SMILES string of the molecule is CC=C1C=C(Oc2ccc(Nc3ncnc4cc5c(cc34)N3CCNCC3CO5)cc2C)C=CN1/N=C\C. The van der Waals surface area contributed by atoms with Gasteiger partial charge in [-0.25, -0.2) is 15.0 Å². The molecule has 0 aliphatic carbocycles. The Morgan fingerprint density at radius 3 is 2.97 bits per heavy atom. The van der Waals surface area contributed by atoms with E-state index in [1.54, 1.807) is 12.5 Å². The van der Waals surface area contributed by atoms with Gasteiger partial charge in [-0.1, -0.05) is 6.08 Å². The van der Waals surface area contributed by atoms with Crippen molar-refractivity contribution in [3.8, 4) is 11.5 Å². The van der Waals surface area contributed by atoms with E-state index in [1.807, 2.05) is 68.4 Å². The molecular weight excluding hydrogens is 478 g/mol. The van der Waals surface area contributed by atoms with Crippen LogP contribution in [0.25, 0.3) is 10.9 Å². The summed E-state index contributed by atoms with van der Waals surface area (Å²) in [6.07, 6.45) is 11.1. The first kappa shape index (κ1) is 24.0. The molecule has 194 valence electrons. The molecular formula is C29H31N7O2. The van der Waals surface area contributed by atoms with Crippen LogP contribution in [0.2, 0.25) is 0 Å².